The number of nitrogens with zero attached hydrogens (tertiary/aromatic N) is 2. The Bertz CT molecular complexity index is 663. The van der Waals surface area contributed by atoms with E-state index in [9.17, 15) is 9.59 Å². The number of hydrogen-bond acceptors (Lipinski definition) is 4. The summed E-state index contributed by atoms with van der Waals surface area (Å²) in [7, 11) is 1.78. The Morgan fingerprint density at radius 1 is 1.57 bits per heavy atom. The molecule has 2 rings (SSSR count). The quantitative estimate of drug-likeness (QED) is 0.502. The van der Waals surface area contributed by atoms with Gasteiger partial charge in [-0.3, -0.25) is 14.9 Å². The van der Waals surface area contributed by atoms with Crippen LogP contribution in [0.1, 0.15) is 16.9 Å². The Morgan fingerprint density at radius 3 is 2.81 bits per heavy atom. The molecule has 1 aromatic rings. The van der Waals surface area contributed by atoms with Crippen molar-refractivity contribution in [3.05, 3.63) is 32.6 Å². The van der Waals surface area contributed by atoms with Crippen LogP contribution in [-0.2, 0) is 11.8 Å². The van der Waals surface area contributed by atoms with E-state index in [2.05, 4.69) is 47.5 Å². The first-order valence-corrected chi connectivity index (χ1v) is 7.63. The molecule has 9 heteroatoms. The highest BCUT2D eigenvalue weighted by atomic mass is 79.9. The SMILES string of the molecule is Cn1c(C(=O)NCC/C=C2\N=C(N)NC2=O)cc(Br)c1Br. The van der Waals surface area contributed by atoms with Gasteiger partial charge in [-0.15, -0.1) is 0 Å². The summed E-state index contributed by atoms with van der Waals surface area (Å²) in [5.41, 5.74) is 6.17. The molecule has 2 heterocycles. The lowest BCUT2D eigenvalue weighted by atomic mass is 10.3. The number of amides is 2. The van der Waals surface area contributed by atoms with Crippen molar-refractivity contribution in [1.29, 1.82) is 0 Å². The third kappa shape index (κ3) is 3.53. The fraction of sp³-hybridized carbons (Fsp3) is 0.250. The number of carbonyl (C=O) groups excluding carboxylic acids is 2. The predicted molar refractivity (Wildman–Crippen MR) is 85.6 cm³/mol. The summed E-state index contributed by atoms with van der Waals surface area (Å²) in [6.07, 6.45) is 2.12. The van der Waals surface area contributed by atoms with Gasteiger partial charge in [0.2, 0.25) is 5.96 Å². The van der Waals surface area contributed by atoms with Crippen molar-refractivity contribution in [2.24, 2.45) is 17.8 Å². The van der Waals surface area contributed by atoms with Crippen molar-refractivity contribution in [3.63, 3.8) is 0 Å². The van der Waals surface area contributed by atoms with Crippen LogP contribution in [0.3, 0.4) is 0 Å². The van der Waals surface area contributed by atoms with Gasteiger partial charge < -0.3 is 15.6 Å². The van der Waals surface area contributed by atoms with E-state index in [1.807, 2.05) is 0 Å². The smallest absolute Gasteiger partial charge is 0.276 e. The minimum atomic E-state index is -0.325. The standard InChI is InChI=1S/C12H13Br2N5O2/c1-19-8(5-6(13)9(19)14)11(21)16-4-2-3-7-10(20)18-12(15)17-7/h3,5H,2,4H2,1H3,(H,16,21)(H3,15,17,18,20)/b7-3-. The van der Waals surface area contributed by atoms with Gasteiger partial charge in [0, 0.05) is 13.6 Å². The van der Waals surface area contributed by atoms with Crippen LogP contribution in [0, 0.1) is 0 Å². The predicted octanol–water partition coefficient (Wildman–Crippen LogP) is 0.998. The summed E-state index contributed by atoms with van der Waals surface area (Å²) < 4.78 is 3.33. The summed E-state index contributed by atoms with van der Waals surface area (Å²) in [5, 5.41) is 5.15. The number of carbonyl (C=O) groups is 2. The van der Waals surface area contributed by atoms with Gasteiger partial charge in [0.15, 0.2) is 0 Å². The van der Waals surface area contributed by atoms with E-state index >= 15 is 0 Å². The second-order valence-corrected chi connectivity index (χ2v) is 5.92. The number of aliphatic imine (C=N–C) groups is 1. The molecule has 2 amide bonds. The fourth-order valence-corrected chi connectivity index (χ4v) is 2.56. The van der Waals surface area contributed by atoms with Crippen LogP contribution in [0.4, 0.5) is 0 Å². The number of aromatic nitrogens is 1. The number of rotatable bonds is 4. The van der Waals surface area contributed by atoms with Crippen molar-refractivity contribution in [2.45, 2.75) is 6.42 Å². The zero-order valence-corrected chi connectivity index (χ0v) is 14.3. The first-order valence-electron chi connectivity index (χ1n) is 6.04. The molecule has 0 aliphatic carbocycles. The normalized spacial score (nSPS) is 16.0. The van der Waals surface area contributed by atoms with Gasteiger partial charge in [-0.2, -0.15) is 0 Å². The van der Waals surface area contributed by atoms with E-state index in [4.69, 9.17) is 5.73 Å². The lowest BCUT2D eigenvalue weighted by Gasteiger charge is -2.05. The molecule has 0 fully saturated rings. The van der Waals surface area contributed by atoms with Gasteiger partial charge in [-0.05, 0) is 44.3 Å². The molecule has 4 N–H and O–H groups in total. The molecule has 0 bridgehead atoms. The molecule has 0 radical (unpaired) electrons. The third-order valence-electron chi connectivity index (χ3n) is 2.83. The van der Waals surface area contributed by atoms with E-state index in [1.54, 1.807) is 23.8 Å². The maximum atomic E-state index is 12.0. The number of nitrogens with two attached hydrogens (primary N) is 1. The molecule has 0 aromatic carbocycles. The van der Waals surface area contributed by atoms with Crippen LogP contribution in [0.15, 0.2) is 31.9 Å². The highest BCUT2D eigenvalue weighted by Crippen LogP contribution is 2.26. The van der Waals surface area contributed by atoms with Crippen molar-refractivity contribution >= 4 is 49.6 Å². The van der Waals surface area contributed by atoms with Crippen molar-refractivity contribution < 1.29 is 9.59 Å². The second-order valence-electron chi connectivity index (χ2n) is 4.31. The molecule has 0 saturated carbocycles. The zero-order chi connectivity index (χ0) is 15.6. The fourth-order valence-electron chi connectivity index (χ4n) is 1.77. The van der Waals surface area contributed by atoms with E-state index in [0.29, 0.717) is 18.7 Å². The number of guanidine groups is 1. The van der Waals surface area contributed by atoms with E-state index in [0.717, 1.165) is 9.08 Å². The second kappa shape index (κ2) is 6.44. The Hall–Kier alpha value is -1.61. The van der Waals surface area contributed by atoms with E-state index < -0.39 is 0 Å². The van der Waals surface area contributed by atoms with E-state index in [-0.39, 0.29) is 23.5 Å². The first-order chi connectivity index (χ1) is 9.90. The van der Waals surface area contributed by atoms with Gasteiger partial charge in [-0.25, -0.2) is 4.99 Å². The summed E-state index contributed by atoms with van der Waals surface area (Å²) in [6.45, 7) is 0.394. The van der Waals surface area contributed by atoms with Crippen LogP contribution in [0.2, 0.25) is 0 Å². The monoisotopic (exact) mass is 417 g/mol. The highest BCUT2D eigenvalue weighted by molar-refractivity contribution is 9.13. The molecule has 21 heavy (non-hydrogen) atoms. The number of hydrogen-bond donors (Lipinski definition) is 3. The van der Waals surface area contributed by atoms with Crippen molar-refractivity contribution in [2.75, 3.05) is 6.54 Å². The molecule has 1 aliphatic heterocycles. The topological polar surface area (TPSA) is 102 Å². The van der Waals surface area contributed by atoms with Crippen LogP contribution in [-0.4, -0.2) is 28.9 Å². The molecule has 1 aromatic heterocycles. The molecule has 0 atom stereocenters. The Morgan fingerprint density at radius 2 is 2.29 bits per heavy atom. The van der Waals surface area contributed by atoms with Crippen molar-refractivity contribution in [3.8, 4) is 0 Å². The first kappa shape index (κ1) is 15.8. The lowest BCUT2D eigenvalue weighted by molar-refractivity contribution is -0.115. The average Bonchev–Trinajstić information content (AvgIpc) is 2.88. The molecule has 0 unspecified atom stereocenters. The summed E-state index contributed by atoms with van der Waals surface area (Å²) in [5.74, 6) is -0.427. The van der Waals surface area contributed by atoms with Gasteiger partial charge in [0.1, 0.15) is 11.4 Å². The maximum Gasteiger partial charge on any atom is 0.276 e. The summed E-state index contributed by atoms with van der Waals surface area (Å²) in [6, 6.07) is 1.73. The minimum absolute atomic E-state index is 0.0915. The number of halogens is 2. The molecular formula is C12H13Br2N5O2. The Kier molecular flexibility index (Phi) is 4.84. The molecule has 112 valence electrons. The minimum Gasteiger partial charge on any atom is -0.369 e. The maximum absolute atomic E-state index is 12.0. The highest BCUT2D eigenvalue weighted by Gasteiger charge is 2.17. The average molecular weight is 419 g/mol. The van der Waals surface area contributed by atoms with Crippen molar-refractivity contribution in [1.82, 2.24) is 15.2 Å². The molecule has 0 saturated heterocycles. The lowest BCUT2D eigenvalue weighted by Crippen LogP contribution is -2.30. The van der Waals surface area contributed by atoms with Crippen LogP contribution >= 0.6 is 31.9 Å². The summed E-state index contributed by atoms with van der Waals surface area (Å²) in [4.78, 5) is 27.2. The molecule has 0 spiro atoms. The molecular weight excluding hydrogens is 406 g/mol. The van der Waals surface area contributed by atoms with E-state index in [1.165, 1.54) is 0 Å². The zero-order valence-electron chi connectivity index (χ0n) is 11.1. The number of nitrogens with one attached hydrogen (secondary N) is 2. The molecule has 7 nitrogen and oxygen atoms in total. The Balaban J connectivity index is 1.89. The summed E-state index contributed by atoms with van der Waals surface area (Å²) >= 11 is 6.71. The molecule has 1 aliphatic rings. The third-order valence-corrected chi connectivity index (χ3v) is 4.93. The largest absolute Gasteiger partial charge is 0.369 e. The van der Waals surface area contributed by atoms with Crippen LogP contribution in [0.5, 0.6) is 0 Å². The Labute approximate surface area is 137 Å². The van der Waals surface area contributed by atoms with Crippen LogP contribution in [0.25, 0.3) is 0 Å². The van der Waals surface area contributed by atoms with Gasteiger partial charge in [0.05, 0.1) is 9.08 Å². The van der Waals surface area contributed by atoms with Gasteiger partial charge in [0.25, 0.3) is 11.8 Å². The van der Waals surface area contributed by atoms with Gasteiger partial charge >= 0.3 is 0 Å². The van der Waals surface area contributed by atoms with Crippen LogP contribution < -0.4 is 16.4 Å². The van der Waals surface area contributed by atoms with Gasteiger partial charge in [-0.1, -0.05) is 6.08 Å².